The SMILES string of the molecule is CCC(C)C1CN(CC2(CCOC)CC2)CCCN1. The van der Waals surface area contributed by atoms with Gasteiger partial charge in [0.1, 0.15) is 0 Å². The molecule has 1 aliphatic heterocycles. The highest BCUT2D eigenvalue weighted by Crippen LogP contribution is 2.49. The van der Waals surface area contributed by atoms with E-state index in [-0.39, 0.29) is 0 Å². The van der Waals surface area contributed by atoms with Gasteiger partial charge in [-0.05, 0) is 50.1 Å². The highest BCUT2D eigenvalue weighted by atomic mass is 16.5. The first-order chi connectivity index (χ1) is 9.19. The van der Waals surface area contributed by atoms with Gasteiger partial charge >= 0.3 is 0 Å². The van der Waals surface area contributed by atoms with Crippen LogP contribution in [0.15, 0.2) is 0 Å². The maximum Gasteiger partial charge on any atom is 0.0468 e. The van der Waals surface area contributed by atoms with Crippen molar-refractivity contribution in [3.05, 3.63) is 0 Å². The van der Waals surface area contributed by atoms with Crippen molar-refractivity contribution < 1.29 is 4.74 Å². The monoisotopic (exact) mass is 268 g/mol. The number of rotatable bonds is 7. The maximum absolute atomic E-state index is 5.28. The van der Waals surface area contributed by atoms with Crippen LogP contribution in [0.5, 0.6) is 0 Å². The number of hydrogen-bond donors (Lipinski definition) is 1. The molecule has 1 saturated heterocycles. The van der Waals surface area contributed by atoms with Gasteiger partial charge in [-0.3, -0.25) is 0 Å². The fourth-order valence-corrected chi connectivity index (χ4v) is 3.29. The lowest BCUT2D eigenvalue weighted by Crippen LogP contribution is -2.43. The van der Waals surface area contributed by atoms with Crippen molar-refractivity contribution in [2.45, 2.75) is 52.0 Å². The Morgan fingerprint density at radius 2 is 2.21 bits per heavy atom. The van der Waals surface area contributed by atoms with Crippen molar-refractivity contribution in [3.8, 4) is 0 Å². The fraction of sp³-hybridized carbons (Fsp3) is 1.00. The minimum Gasteiger partial charge on any atom is -0.385 e. The molecule has 2 aliphatic rings. The molecule has 2 unspecified atom stereocenters. The molecular weight excluding hydrogens is 236 g/mol. The smallest absolute Gasteiger partial charge is 0.0468 e. The van der Waals surface area contributed by atoms with Crippen LogP contribution in [0.2, 0.25) is 0 Å². The Hall–Kier alpha value is -0.120. The van der Waals surface area contributed by atoms with E-state index in [9.17, 15) is 0 Å². The summed E-state index contributed by atoms with van der Waals surface area (Å²) in [5.41, 5.74) is 0.598. The van der Waals surface area contributed by atoms with E-state index in [0.29, 0.717) is 11.5 Å². The Morgan fingerprint density at radius 3 is 2.84 bits per heavy atom. The predicted molar refractivity (Wildman–Crippen MR) is 80.5 cm³/mol. The van der Waals surface area contributed by atoms with Crippen molar-refractivity contribution in [1.29, 1.82) is 0 Å². The molecule has 1 aliphatic carbocycles. The molecule has 0 radical (unpaired) electrons. The van der Waals surface area contributed by atoms with E-state index in [1.807, 2.05) is 7.11 Å². The number of methoxy groups -OCH3 is 1. The molecule has 3 heteroatoms. The van der Waals surface area contributed by atoms with E-state index < -0.39 is 0 Å². The Bertz CT molecular complexity index is 265. The van der Waals surface area contributed by atoms with Gasteiger partial charge in [0, 0.05) is 32.8 Å². The van der Waals surface area contributed by atoms with Gasteiger partial charge in [0.05, 0.1) is 0 Å². The molecule has 0 aromatic heterocycles. The molecule has 112 valence electrons. The second-order valence-corrected chi connectivity index (χ2v) is 6.78. The Labute approximate surface area is 119 Å². The topological polar surface area (TPSA) is 24.5 Å². The summed E-state index contributed by atoms with van der Waals surface area (Å²) in [6.45, 7) is 10.6. The van der Waals surface area contributed by atoms with E-state index in [1.165, 1.54) is 58.3 Å². The van der Waals surface area contributed by atoms with Crippen LogP contribution in [0.4, 0.5) is 0 Å². The van der Waals surface area contributed by atoms with Crippen LogP contribution in [0, 0.1) is 11.3 Å². The average Bonchev–Trinajstić information content (AvgIpc) is 3.21. The molecule has 19 heavy (non-hydrogen) atoms. The van der Waals surface area contributed by atoms with Crippen LogP contribution < -0.4 is 5.32 Å². The van der Waals surface area contributed by atoms with Crippen molar-refractivity contribution >= 4 is 0 Å². The molecule has 2 fully saturated rings. The zero-order chi connectivity index (χ0) is 13.7. The van der Waals surface area contributed by atoms with Crippen molar-refractivity contribution in [2.24, 2.45) is 11.3 Å². The molecule has 1 saturated carbocycles. The van der Waals surface area contributed by atoms with Crippen LogP contribution >= 0.6 is 0 Å². The van der Waals surface area contributed by atoms with Gasteiger partial charge in [-0.2, -0.15) is 0 Å². The molecule has 3 nitrogen and oxygen atoms in total. The van der Waals surface area contributed by atoms with Crippen LogP contribution in [0.25, 0.3) is 0 Å². The van der Waals surface area contributed by atoms with Crippen LogP contribution in [0.3, 0.4) is 0 Å². The lowest BCUT2D eigenvalue weighted by molar-refractivity contribution is 0.142. The molecule has 2 atom stereocenters. The normalized spacial score (nSPS) is 28.9. The van der Waals surface area contributed by atoms with Gasteiger partial charge < -0.3 is 15.0 Å². The molecule has 0 amide bonds. The van der Waals surface area contributed by atoms with Gasteiger partial charge in [-0.15, -0.1) is 0 Å². The zero-order valence-electron chi connectivity index (χ0n) is 13.1. The Kier molecular flexibility index (Phi) is 5.67. The minimum atomic E-state index is 0.598. The second kappa shape index (κ2) is 7.05. The van der Waals surface area contributed by atoms with Crippen LogP contribution in [-0.2, 0) is 4.74 Å². The number of nitrogens with zero attached hydrogens (tertiary/aromatic N) is 1. The van der Waals surface area contributed by atoms with Crippen molar-refractivity contribution in [3.63, 3.8) is 0 Å². The summed E-state index contributed by atoms with van der Waals surface area (Å²) < 4.78 is 5.28. The molecule has 1 heterocycles. The fourth-order valence-electron chi connectivity index (χ4n) is 3.29. The summed E-state index contributed by atoms with van der Waals surface area (Å²) in [5, 5.41) is 3.75. The maximum atomic E-state index is 5.28. The van der Waals surface area contributed by atoms with E-state index in [2.05, 4.69) is 24.1 Å². The number of ether oxygens (including phenoxy) is 1. The second-order valence-electron chi connectivity index (χ2n) is 6.78. The summed E-state index contributed by atoms with van der Waals surface area (Å²) >= 11 is 0. The molecule has 1 N–H and O–H groups in total. The molecule has 0 aromatic rings. The highest BCUT2D eigenvalue weighted by molar-refractivity contribution is 4.96. The highest BCUT2D eigenvalue weighted by Gasteiger charge is 2.43. The summed E-state index contributed by atoms with van der Waals surface area (Å²) in [4.78, 5) is 2.72. The van der Waals surface area contributed by atoms with Crippen molar-refractivity contribution in [1.82, 2.24) is 10.2 Å². The van der Waals surface area contributed by atoms with Gasteiger partial charge in [0.15, 0.2) is 0 Å². The summed E-state index contributed by atoms with van der Waals surface area (Å²) in [5.74, 6) is 0.787. The molecule has 0 aromatic carbocycles. The molecule has 0 bridgehead atoms. The molecular formula is C16H32N2O. The molecule has 0 spiro atoms. The van der Waals surface area contributed by atoms with E-state index in [4.69, 9.17) is 4.74 Å². The zero-order valence-corrected chi connectivity index (χ0v) is 13.1. The van der Waals surface area contributed by atoms with Gasteiger partial charge in [-0.25, -0.2) is 0 Å². The number of hydrogen-bond acceptors (Lipinski definition) is 3. The first-order valence-corrected chi connectivity index (χ1v) is 8.14. The minimum absolute atomic E-state index is 0.598. The van der Waals surface area contributed by atoms with Gasteiger partial charge in [0.25, 0.3) is 0 Å². The van der Waals surface area contributed by atoms with Gasteiger partial charge in [-0.1, -0.05) is 20.3 Å². The van der Waals surface area contributed by atoms with Gasteiger partial charge in [0.2, 0.25) is 0 Å². The lowest BCUT2D eigenvalue weighted by Gasteiger charge is -2.30. The quantitative estimate of drug-likeness (QED) is 0.768. The predicted octanol–water partition coefficient (Wildman–Crippen LogP) is 2.51. The Balaban J connectivity index is 1.84. The standard InChI is InChI=1S/C16H32N2O/c1-4-14(2)15-12-18(10-5-9-17-15)13-16(6-7-16)8-11-19-3/h14-15,17H,4-13H2,1-3H3. The van der Waals surface area contributed by atoms with E-state index in [0.717, 1.165) is 12.5 Å². The van der Waals surface area contributed by atoms with Crippen LogP contribution in [0.1, 0.15) is 46.0 Å². The summed E-state index contributed by atoms with van der Waals surface area (Å²) in [6.07, 6.45) is 6.65. The first kappa shape index (κ1) is 15.3. The lowest BCUT2D eigenvalue weighted by atomic mass is 9.97. The Morgan fingerprint density at radius 1 is 1.42 bits per heavy atom. The van der Waals surface area contributed by atoms with E-state index >= 15 is 0 Å². The first-order valence-electron chi connectivity index (χ1n) is 8.14. The third-order valence-corrected chi connectivity index (χ3v) is 5.20. The summed E-state index contributed by atoms with van der Waals surface area (Å²) in [6, 6.07) is 0.686. The third kappa shape index (κ3) is 4.44. The average molecular weight is 268 g/mol. The summed E-state index contributed by atoms with van der Waals surface area (Å²) in [7, 11) is 1.82. The van der Waals surface area contributed by atoms with Crippen molar-refractivity contribution in [2.75, 3.05) is 39.9 Å². The van der Waals surface area contributed by atoms with E-state index in [1.54, 1.807) is 0 Å². The third-order valence-electron chi connectivity index (χ3n) is 5.20. The largest absolute Gasteiger partial charge is 0.385 e. The molecule has 2 rings (SSSR count). The van der Waals surface area contributed by atoms with Crippen LogP contribution in [-0.4, -0.2) is 50.8 Å². The number of nitrogens with one attached hydrogen (secondary N) is 1.